The summed E-state index contributed by atoms with van der Waals surface area (Å²) in [5.74, 6) is -0.0893. The Morgan fingerprint density at radius 2 is 2.08 bits per heavy atom. The summed E-state index contributed by atoms with van der Waals surface area (Å²) < 4.78 is 0. The van der Waals surface area contributed by atoms with Crippen molar-refractivity contribution in [1.82, 2.24) is 15.0 Å². The zero-order valence-corrected chi connectivity index (χ0v) is 15.5. The fraction of sp³-hybridized carbons (Fsp3) is 0.125. The molecule has 0 aliphatic rings. The van der Waals surface area contributed by atoms with Crippen LogP contribution in [0, 0.1) is 6.92 Å². The minimum Gasteiger partial charge on any atom is -0.301 e. The average molecular weight is 393 g/mol. The van der Waals surface area contributed by atoms with E-state index in [4.69, 9.17) is 11.6 Å². The normalized spacial score (nSPS) is 10.6. The number of aromatic nitrogens is 3. The van der Waals surface area contributed by atoms with E-state index in [2.05, 4.69) is 20.3 Å². The van der Waals surface area contributed by atoms with Crippen molar-refractivity contribution in [2.45, 2.75) is 12.1 Å². The third-order valence-corrected chi connectivity index (χ3v) is 4.96. The van der Waals surface area contributed by atoms with Crippen LogP contribution in [0.5, 0.6) is 0 Å². The summed E-state index contributed by atoms with van der Waals surface area (Å²) in [5.41, 5.74) is 2.08. The number of amides is 1. The van der Waals surface area contributed by atoms with Crippen LogP contribution in [-0.4, -0.2) is 26.6 Å². The summed E-state index contributed by atoms with van der Waals surface area (Å²) >= 11 is 8.38. The highest BCUT2D eigenvalue weighted by molar-refractivity contribution is 7.99. The van der Waals surface area contributed by atoms with E-state index in [1.165, 1.54) is 17.4 Å². The summed E-state index contributed by atoms with van der Waals surface area (Å²) in [5, 5.41) is 6.20. The number of nitrogens with one attached hydrogen (secondary N) is 2. The smallest absolute Gasteiger partial charge is 0.251 e. The van der Waals surface area contributed by atoms with Gasteiger partial charge in [-0.05, 0) is 19.1 Å². The minimum absolute atomic E-state index is 0.127. The van der Waals surface area contributed by atoms with Crippen LogP contribution in [0.2, 0.25) is 5.02 Å². The summed E-state index contributed by atoms with van der Waals surface area (Å²) in [4.78, 5) is 34.6. The van der Waals surface area contributed by atoms with Crippen molar-refractivity contribution in [3.63, 3.8) is 0 Å². The first kappa shape index (κ1) is 17.7. The van der Waals surface area contributed by atoms with Crippen molar-refractivity contribution in [2.24, 2.45) is 0 Å². The largest absolute Gasteiger partial charge is 0.301 e. The Morgan fingerprint density at radius 3 is 2.80 bits per heavy atom. The molecule has 0 saturated carbocycles. The number of H-pyrrole nitrogens is 1. The first-order chi connectivity index (χ1) is 12.0. The number of anilines is 1. The van der Waals surface area contributed by atoms with E-state index >= 15 is 0 Å². The van der Waals surface area contributed by atoms with Crippen LogP contribution in [0.1, 0.15) is 5.69 Å². The highest BCUT2D eigenvalue weighted by Crippen LogP contribution is 2.26. The van der Waals surface area contributed by atoms with Crippen LogP contribution >= 0.6 is 34.7 Å². The molecule has 3 rings (SSSR count). The zero-order chi connectivity index (χ0) is 17.8. The molecule has 128 valence electrons. The highest BCUT2D eigenvalue weighted by atomic mass is 35.5. The van der Waals surface area contributed by atoms with E-state index in [0.717, 1.165) is 23.0 Å². The Morgan fingerprint density at radius 1 is 1.32 bits per heavy atom. The van der Waals surface area contributed by atoms with Gasteiger partial charge in [0.1, 0.15) is 0 Å². The number of nitrogens with zero attached hydrogens (tertiary/aromatic N) is 2. The maximum Gasteiger partial charge on any atom is 0.251 e. The summed E-state index contributed by atoms with van der Waals surface area (Å²) in [6.45, 7) is 1.73. The number of halogens is 1. The molecule has 9 heteroatoms. The Balaban J connectivity index is 1.60. The molecule has 3 aromatic rings. The quantitative estimate of drug-likeness (QED) is 0.511. The van der Waals surface area contributed by atoms with Crippen LogP contribution in [0.3, 0.4) is 0 Å². The lowest BCUT2D eigenvalue weighted by Crippen LogP contribution is -2.15. The molecule has 0 aliphatic carbocycles. The molecular formula is C16H13ClN4O2S2. The number of rotatable bonds is 5. The molecule has 0 fully saturated rings. The zero-order valence-electron chi connectivity index (χ0n) is 13.1. The standard InChI is InChI=1S/C16H13ClN4O2S2/c1-9-6-13(22)20-15(18-9)25-8-14(23)21-16-19-12(7-24-16)10-2-4-11(17)5-3-10/h2-7H,8H2,1H3,(H,18,20,22)(H,19,21,23). The number of thioether (sulfide) groups is 1. The number of thiazole rings is 1. The van der Waals surface area contributed by atoms with Gasteiger partial charge in [0.05, 0.1) is 11.4 Å². The number of carbonyl (C=O) groups excluding carboxylic acids is 1. The predicted octanol–water partition coefficient (Wildman–Crippen LogP) is 3.59. The van der Waals surface area contributed by atoms with Gasteiger partial charge in [0, 0.05) is 27.7 Å². The first-order valence-corrected chi connectivity index (χ1v) is 9.46. The van der Waals surface area contributed by atoms with Crippen LogP contribution in [0.15, 0.2) is 45.7 Å². The van der Waals surface area contributed by atoms with Gasteiger partial charge in [-0.15, -0.1) is 11.3 Å². The molecule has 0 aliphatic heterocycles. The van der Waals surface area contributed by atoms with Gasteiger partial charge in [-0.2, -0.15) is 0 Å². The molecule has 2 heterocycles. The van der Waals surface area contributed by atoms with Crippen LogP contribution in [-0.2, 0) is 4.79 Å². The number of aromatic amines is 1. The van der Waals surface area contributed by atoms with Crippen molar-refractivity contribution in [2.75, 3.05) is 11.1 Å². The predicted molar refractivity (Wildman–Crippen MR) is 102 cm³/mol. The molecule has 0 unspecified atom stereocenters. The van der Waals surface area contributed by atoms with Gasteiger partial charge in [0.25, 0.3) is 5.56 Å². The van der Waals surface area contributed by atoms with E-state index in [1.807, 2.05) is 17.5 Å². The lowest BCUT2D eigenvalue weighted by molar-refractivity contribution is -0.113. The Hall–Kier alpha value is -2.16. The third kappa shape index (κ3) is 4.91. The van der Waals surface area contributed by atoms with Gasteiger partial charge in [-0.1, -0.05) is 35.5 Å². The van der Waals surface area contributed by atoms with Crippen LogP contribution < -0.4 is 10.9 Å². The first-order valence-electron chi connectivity index (χ1n) is 7.22. The fourth-order valence-electron chi connectivity index (χ4n) is 1.99. The van der Waals surface area contributed by atoms with Gasteiger partial charge in [0.2, 0.25) is 5.91 Å². The van der Waals surface area contributed by atoms with Gasteiger partial charge in [-0.3, -0.25) is 9.59 Å². The molecule has 2 N–H and O–H groups in total. The lowest BCUT2D eigenvalue weighted by atomic mass is 10.2. The van der Waals surface area contributed by atoms with Crippen LogP contribution in [0.25, 0.3) is 11.3 Å². The van der Waals surface area contributed by atoms with Gasteiger partial charge < -0.3 is 10.3 Å². The van der Waals surface area contributed by atoms with Crippen molar-refractivity contribution < 1.29 is 4.79 Å². The molecule has 0 bridgehead atoms. The maximum atomic E-state index is 12.0. The van der Waals surface area contributed by atoms with E-state index in [9.17, 15) is 9.59 Å². The second-order valence-corrected chi connectivity index (χ2v) is 7.33. The van der Waals surface area contributed by atoms with Gasteiger partial charge >= 0.3 is 0 Å². The Kier molecular flexibility index (Phi) is 5.52. The Bertz CT molecular complexity index is 953. The summed E-state index contributed by atoms with van der Waals surface area (Å²) in [7, 11) is 0. The molecule has 25 heavy (non-hydrogen) atoms. The van der Waals surface area contributed by atoms with E-state index in [0.29, 0.717) is 21.0 Å². The molecule has 0 spiro atoms. The van der Waals surface area contributed by atoms with Crippen molar-refractivity contribution in [3.05, 3.63) is 56.8 Å². The topological polar surface area (TPSA) is 87.7 Å². The van der Waals surface area contributed by atoms with E-state index in [1.54, 1.807) is 19.1 Å². The highest BCUT2D eigenvalue weighted by Gasteiger charge is 2.10. The average Bonchev–Trinajstić information content (AvgIpc) is 3.01. The number of hydrogen-bond donors (Lipinski definition) is 2. The minimum atomic E-state index is -0.233. The molecule has 6 nitrogen and oxygen atoms in total. The number of aryl methyl sites for hydroxylation is 1. The monoisotopic (exact) mass is 392 g/mol. The van der Waals surface area contributed by atoms with Gasteiger partial charge in [0.15, 0.2) is 10.3 Å². The van der Waals surface area contributed by atoms with Crippen molar-refractivity contribution >= 4 is 45.7 Å². The van der Waals surface area contributed by atoms with E-state index < -0.39 is 0 Å². The summed E-state index contributed by atoms with van der Waals surface area (Å²) in [6, 6.07) is 8.73. The Labute approximate surface area is 156 Å². The number of hydrogen-bond acceptors (Lipinski definition) is 6. The molecular weight excluding hydrogens is 380 g/mol. The lowest BCUT2D eigenvalue weighted by Gasteiger charge is -2.02. The SMILES string of the molecule is Cc1cc(=O)[nH]c(SCC(=O)Nc2nc(-c3ccc(Cl)cc3)cs2)n1. The number of carbonyl (C=O) groups is 1. The van der Waals surface area contributed by atoms with Crippen molar-refractivity contribution in [1.29, 1.82) is 0 Å². The van der Waals surface area contributed by atoms with Gasteiger partial charge in [-0.25, -0.2) is 9.97 Å². The molecule has 2 aromatic heterocycles. The second kappa shape index (κ2) is 7.81. The van der Waals surface area contributed by atoms with E-state index in [-0.39, 0.29) is 17.2 Å². The maximum absolute atomic E-state index is 12.0. The molecule has 0 radical (unpaired) electrons. The fourth-order valence-corrected chi connectivity index (χ4v) is 3.58. The van der Waals surface area contributed by atoms with Crippen molar-refractivity contribution in [3.8, 4) is 11.3 Å². The summed E-state index contributed by atoms with van der Waals surface area (Å²) in [6.07, 6.45) is 0. The molecule has 0 atom stereocenters. The molecule has 1 amide bonds. The second-order valence-electron chi connectivity index (χ2n) is 5.07. The van der Waals surface area contributed by atoms with Crippen LogP contribution in [0.4, 0.5) is 5.13 Å². The number of benzene rings is 1. The molecule has 1 aromatic carbocycles. The molecule has 0 saturated heterocycles. The third-order valence-electron chi connectivity index (χ3n) is 3.08.